The number of carbonyl (C=O) groups is 2. The zero-order chi connectivity index (χ0) is 21.2. The highest BCUT2D eigenvalue weighted by Crippen LogP contribution is 2.23. The Hall–Kier alpha value is -0.950. The minimum absolute atomic E-state index is 0.00756. The largest absolute Gasteiger partial charge is 0.382 e. The first-order valence-corrected chi connectivity index (χ1v) is 11.0. The number of methoxy groups -OCH3 is 1. The first kappa shape index (κ1) is 26.1. The average Bonchev–Trinajstić information content (AvgIpc) is 3.17. The van der Waals surface area contributed by atoms with Crippen LogP contribution in [0, 0.1) is 0 Å². The molecule has 0 aliphatic carbocycles. The Morgan fingerprint density at radius 1 is 1.00 bits per heavy atom. The molecule has 0 saturated carbocycles. The average molecular weight is 438 g/mol. The minimum atomic E-state index is -0.111. The van der Waals surface area contributed by atoms with Gasteiger partial charge in [-0.25, -0.2) is 0 Å². The van der Waals surface area contributed by atoms with Crippen LogP contribution in [0.25, 0.3) is 0 Å². The molecule has 1 aliphatic rings. The summed E-state index contributed by atoms with van der Waals surface area (Å²) >= 11 is 1.64. The topological polar surface area (TPSA) is 122 Å². The Morgan fingerprint density at radius 3 is 2.38 bits per heavy atom. The van der Waals surface area contributed by atoms with Gasteiger partial charge in [-0.05, 0) is 0 Å². The molecule has 29 heavy (non-hydrogen) atoms. The Labute approximate surface area is 177 Å². The first-order valence-electron chi connectivity index (χ1n) is 9.83. The van der Waals surface area contributed by atoms with Gasteiger partial charge in [0.15, 0.2) is 0 Å². The lowest BCUT2D eigenvalue weighted by atomic mass is 10.2. The number of nitrogens with zero attached hydrogens (tertiary/aromatic N) is 1. The van der Waals surface area contributed by atoms with Crippen LogP contribution in [0.4, 0.5) is 0 Å². The van der Waals surface area contributed by atoms with Gasteiger partial charge in [0.05, 0.1) is 64.8 Å². The second kappa shape index (κ2) is 17.9. The van der Waals surface area contributed by atoms with E-state index >= 15 is 0 Å². The van der Waals surface area contributed by atoms with E-state index in [2.05, 4.69) is 5.32 Å². The van der Waals surface area contributed by atoms with E-state index in [0.29, 0.717) is 71.8 Å². The molecule has 1 saturated heterocycles. The summed E-state index contributed by atoms with van der Waals surface area (Å²) in [6.07, 6.45) is 0.276. The number of thioether (sulfide) groups is 1. The van der Waals surface area contributed by atoms with E-state index in [1.165, 1.54) is 0 Å². The third-order valence-corrected chi connectivity index (χ3v) is 5.04. The summed E-state index contributed by atoms with van der Waals surface area (Å²) in [6, 6.07) is -0.111. The van der Waals surface area contributed by atoms with Crippen LogP contribution in [-0.2, 0) is 33.3 Å². The molecular weight excluding hydrogens is 402 g/mol. The van der Waals surface area contributed by atoms with Crippen LogP contribution in [0.2, 0.25) is 0 Å². The van der Waals surface area contributed by atoms with Gasteiger partial charge < -0.3 is 39.6 Å². The van der Waals surface area contributed by atoms with Crippen LogP contribution in [0.3, 0.4) is 0 Å². The number of rotatable bonds is 18. The second-order valence-corrected chi connectivity index (χ2v) is 7.24. The Bertz CT molecular complexity index is 446. The highest BCUT2D eigenvalue weighted by atomic mass is 32.2. The van der Waals surface area contributed by atoms with Crippen molar-refractivity contribution in [1.82, 2.24) is 10.2 Å². The smallest absolute Gasteiger partial charge is 0.249 e. The fourth-order valence-electron chi connectivity index (χ4n) is 2.49. The molecular formula is C18H35N3O7S. The van der Waals surface area contributed by atoms with Gasteiger partial charge in [0.1, 0.15) is 6.61 Å². The Kier molecular flexibility index (Phi) is 16.1. The standard InChI is InChI=1S/C18H35N3O7S/c1-24-6-7-27-10-11-28-13-18(23)21-15-29-14-16(21)12-17(22)20-3-5-26-9-8-25-4-2-19/h16H,2-15,19H2,1H3,(H,20,22). The molecule has 0 spiro atoms. The van der Waals surface area contributed by atoms with Gasteiger partial charge in [-0.1, -0.05) is 0 Å². The first-order chi connectivity index (χ1) is 14.2. The third kappa shape index (κ3) is 13.1. The number of carbonyl (C=O) groups excluding carboxylic acids is 2. The summed E-state index contributed by atoms with van der Waals surface area (Å²) in [6.45, 7) is 4.59. The fraction of sp³-hybridized carbons (Fsp3) is 0.889. The van der Waals surface area contributed by atoms with E-state index in [1.54, 1.807) is 23.8 Å². The monoisotopic (exact) mass is 437 g/mol. The van der Waals surface area contributed by atoms with Crippen LogP contribution in [0.5, 0.6) is 0 Å². The summed E-state index contributed by atoms with van der Waals surface area (Å²) in [7, 11) is 1.61. The lowest BCUT2D eigenvalue weighted by Crippen LogP contribution is -2.42. The van der Waals surface area contributed by atoms with Crippen molar-refractivity contribution in [1.29, 1.82) is 0 Å². The van der Waals surface area contributed by atoms with Gasteiger partial charge in [0.25, 0.3) is 0 Å². The molecule has 0 aromatic carbocycles. The van der Waals surface area contributed by atoms with Gasteiger partial charge in [0, 0.05) is 32.4 Å². The highest BCUT2D eigenvalue weighted by molar-refractivity contribution is 7.99. The highest BCUT2D eigenvalue weighted by Gasteiger charge is 2.30. The van der Waals surface area contributed by atoms with Crippen LogP contribution in [-0.4, -0.2) is 114 Å². The number of nitrogens with two attached hydrogens (primary N) is 1. The predicted molar refractivity (Wildman–Crippen MR) is 110 cm³/mol. The fourth-order valence-corrected chi connectivity index (χ4v) is 3.71. The molecule has 0 radical (unpaired) electrons. The van der Waals surface area contributed by atoms with Crippen LogP contribution < -0.4 is 11.1 Å². The normalized spacial score (nSPS) is 16.3. The van der Waals surface area contributed by atoms with E-state index in [9.17, 15) is 9.59 Å². The van der Waals surface area contributed by atoms with E-state index in [0.717, 1.165) is 5.75 Å². The Balaban J connectivity index is 2.10. The van der Waals surface area contributed by atoms with Crippen molar-refractivity contribution in [2.24, 2.45) is 5.73 Å². The lowest BCUT2D eigenvalue weighted by molar-refractivity contribution is -0.137. The molecule has 1 atom stereocenters. The number of hydrogen-bond acceptors (Lipinski definition) is 9. The van der Waals surface area contributed by atoms with Crippen LogP contribution in [0.1, 0.15) is 6.42 Å². The van der Waals surface area contributed by atoms with Gasteiger partial charge in [-0.3, -0.25) is 9.59 Å². The summed E-state index contributed by atoms with van der Waals surface area (Å²) in [4.78, 5) is 26.2. The van der Waals surface area contributed by atoms with Gasteiger partial charge in [-0.15, -0.1) is 11.8 Å². The molecule has 1 fully saturated rings. The molecule has 2 amide bonds. The van der Waals surface area contributed by atoms with Crippen molar-refractivity contribution in [3.63, 3.8) is 0 Å². The van der Waals surface area contributed by atoms with E-state index < -0.39 is 0 Å². The second-order valence-electron chi connectivity index (χ2n) is 6.24. The molecule has 170 valence electrons. The SMILES string of the molecule is COCCOCCOCC(=O)N1CSCC1CC(=O)NCCOCCOCCN. The van der Waals surface area contributed by atoms with Gasteiger partial charge in [0.2, 0.25) is 11.8 Å². The van der Waals surface area contributed by atoms with Gasteiger partial charge >= 0.3 is 0 Å². The molecule has 1 rings (SSSR count). The Morgan fingerprint density at radius 2 is 1.66 bits per heavy atom. The third-order valence-electron chi connectivity index (χ3n) is 3.95. The van der Waals surface area contributed by atoms with E-state index in [4.69, 9.17) is 29.4 Å². The number of amides is 2. The summed E-state index contributed by atoms with van der Waals surface area (Å²) in [5.74, 6) is 1.13. The summed E-state index contributed by atoms with van der Waals surface area (Å²) < 4.78 is 26.1. The van der Waals surface area contributed by atoms with Crippen molar-refractivity contribution < 1.29 is 33.3 Å². The van der Waals surface area contributed by atoms with Crippen molar-refractivity contribution >= 4 is 23.6 Å². The molecule has 1 unspecified atom stereocenters. The lowest BCUT2D eigenvalue weighted by Gasteiger charge is -2.23. The molecule has 0 aromatic heterocycles. The zero-order valence-electron chi connectivity index (χ0n) is 17.3. The summed E-state index contributed by atoms with van der Waals surface area (Å²) in [5, 5.41) is 2.82. The quantitative estimate of drug-likeness (QED) is 0.262. The van der Waals surface area contributed by atoms with Crippen molar-refractivity contribution in [2.75, 3.05) is 91.3 Å². The van der Waals surface area contributed by atoms with Crippen molar-refractivity contribution in [3.05, 3.63) is 0 Å². The maximum Gasteiger partial charge on any atom is 0.249 e. The summed E-state index contributed by atoms with van der Waals surface area (Å²) in [5.41, 5.74) is 5.32. The van der Waals surface area contributed by atoms with E-state index in [1.807, 2.05) is 0 Å². The van der Waals surface area contributed by atoms with Crippen LogP contribution >= 0.6 is 11.8 Å². The van der Waals surface area contributed by atoms with Gasteiger partial charge in [-0.2, -0.15) is 0 Å². The van der Waals surface area contributed by atoms with E-state index in [-0.39, 0.29) is 30.9 Å². The maximum atomic E-state index is 12.3. The molecule has 0 bridgehead atoms. The zero-order valence-corrected chi connectivity index (χ0v) is 18.1. The van der Waals surface area contributed by atoms with Crippen molar-refractivity contribution in [2.45, 2.75) is 12.5 Å². The molecule has 1 heterocycles. The minimum Gasteiger partial charge on any atom is -0.382 e. The molecule has 11 heteroatoms. The number of nitrogens with one attached hydrogen (secondary N) is 1. The predicted octanol–water partition coefficient (Wildman–Crippen LogP) is -0.934. The van der Waals surface area contributed by atoms with Crippen LogP contribution in [0.15, 0.2) is 0 Å². The number of hydrogen-bond donors (Lipinski definition) is 2. The molecule has 10 nitrogen and oxygen atoms in total. The molecule has 3 N–H and O–H groups in total. The number of ether oxygens (including phenoxy) is 5. The maximum absolute atomic E-state index is 12.3. The van der Waals surface area contributed by atoms with Crippen molar-refractivity contribution in [3.8, 4) is 0 Å². The molecule has 0 aromatic rings. The molecule has 1 aliphatic heterocycles.